The smallest absolute Gasteiger partial charge is 0.0723 e. The Kier molecular flexibility index (Phi) is 5.70. The van der Waals surface area contributed by atoms with E-state index in [1.54, 1.807) is 0 Å². The Hall–Kier alpha value is -1.46. The zero-order chi connectivity index (χ0) is 13.8. The Bertz CT molecular complexity index is 646. The van der Waals surface area contributed by atoms with Crippen LogP contribution in [0, 0.1) is 6.92 Å². The predicted octanol–water partition coefficient (Wildman–Crippen LogP) is 3.15. The number of aromatic nitrogens is 1. The van der Waals surface area contributed by atoms with Crippen molar-refractivity contribution in [3.05, 3.63) is 84.6 Å². The van der Waals surface area contributed by atoms with Crippen LogP contribution < -0.4 is 16.0 Å². The molecule has 0 bridgehead atoms. The molecule has 2 aromatic carbocycles. The number of hydrogen-bond acceptors (Lipinski definition) is 1. The zero-order valence-corrected chi connectivity index (χ0v) is 13.5. The molecular formula is C18H16CuNP. The van der Waals surface area contributed by atoms with Crippen LogP contribution in [0.4, 0.5) is 0 Å². The first-order valence-corrected chi connectivity index (χ1v) is 8.01. The van der Waals surface area contributed by atoms with Crippen LogP contribution in [-0.2, 0) is 17.1 Å². The minimum absolute atomic E-state index is 0. The van der Waals surface area contributed by atoms with Crippen LogP contribution in [-0.4, -0.2) is 4.98 Å². The van der Waals surface area contributed by atoms with E-state index in [0.717, 1.165) is 5.44 Å². The Balaban J connectivity index is 0.00000161. The summed E-state index contributed by atoms with van der Waals surface area (Å²) in [5.41, 5.74) is 2.42. The molecule has 0 aliphatic carbocycles. The van der Waals surface area contributed by atoms with Gasteiger partial charge in [0, 0.05) is 31.2 Å². The van der Waals surface area contributed by atoms with Gasteiger partial charge in [-0.2, -0.15) is 0 Å². The Labute approximate surface area is 137 Å². The van der Waals surface area contributed by atoms with Gasteiger partial charge in [-0.15, -0.1) is 0 Å². The zero-order valence-electron chi connectivity index (χ0n) is 11.7. The maximum atomic E-state index is 4.62. The number of rotatable bonds is 3. The molecule has 3 rings (SSSR count). The van der Waals surface area contributed by atoms with Gasteiger partial charge in [0.2, 0.25) is 0 Å². The summed E-state index contributed by atoms with van der Waals surface area (Å²) in [7, 11) is -0.573. The summed E-state index contributed by atoms with van der Waals surface area (Å²) < 4.78 is 0. The van der Waals surface area contributed by atoms with Gasteiger partial charge in [0.1, 0.15) is 0 Å². The molecule has 0 aliphatic rings. The first-order chi connectivity index (χ1) is 9.84. The summed E-state index contributed by atoms with van der Waals surface area (Å²) in [5, 5.41) is 2.68. The molecule has 1 nitrogen and oxygen atoms in total. The molecular weight excluding hydrogens is 325 g/mol. The summed E-state index contributed by atoms with van der Waals surface area (Å²) >= 11 is 0. The maximum absolute atomic E-state index is 4.62. The molecule has 3 heteroatoms. The predicted molar refractivity (Wildman–Crippen MR) is 87.7 cm³/mol. The topological polar surface area (TPSA) is 12.9 Å². The molecule has 0 saturated carbocycles. The van der Waals surface area contributed by atoms with Gasteiger partial charge in [0.25, 0.3) is 0 Å². The van der Waals surface area contributed by atoms with E-state index in [1.807, 2.05) is 12.3 Å². The van der Waals surface area contributed by atoms with Crippen LogP contribution >= 0.6 is 7.92 Å². The fourth-order valence-electron chi connectivity index (χ4n) is 2.21. The van der Waals surface area contributed by atoms with Crippen LogP contribution in [0.2, 0.25) is 0 Å². The van der Waals surface area contributed by atoms with E-state index in [9.17, 15) is 0 Å². The first-order valence-electron chi connectivity index (χ1n) is 6.67. The second-order valence-electron chi connectivity index (χ2n) is 4.70. The largest absolute Gasteiger partial charge is 0.256 e. The van der Waals surface area contributed by atoms with Gasteiger partial charge in [-0.25, -0.2) is 0 Å². The van der Waals surface area contributed by atoms with E-state index in [1.165, 1.54) is 16.2 Å². The Morgan fingerprint density at radius 1 is 0.762 bits per heavy atom. The fraction of sp³-hybridized carbons (Fsp3) is 0.0556. The molecule has 0 unspecified atom stereocenters. The summed E-state index contributed by atoms with van der Waals surface area (Å²) in [6.07, 6.45) is 1.91. The summed E-state index contributed by atoms with van der Waals surface area (Å²) in [6.45, 7) is 2.12. The van der Waals surface area contributed by atoms with Gasteiger partial charge in [-0.3, -0.25) is 4.98 Å². The van der Waals surface area contributed by atoms with Crippen molar-refractivity contribution < 1.29 is 17.1 Å². The van der Waals surface area contributed by atoms with Gasteiger partial charge < -0.3 is 0 Å². The number of aryl methyl sites for hydroxylation is 1. The third kappa shape index (κ3) is 3.80. The second kappa shape index (κ2) is 7.52. The van der Waals surface area contributed by atoms with E-state index in [-0.39, 0.29) is 17.1 Å². The standard InChI is InChI=1S/C18H16NP.Cu/c1-15-12-13-19-18(14-15)20(16-8-4-2-5-9-16)17-10-6-3-7-11-17;/h2-14H,1H3;. The van der Waals surface area contributed by atoms with Crippen molar-refractivity contribution in [1.82, 2.24) is 4.98 Å². The van der Waals surface area contributed by atoms with E-state index in [0.29, 0.717) is 0 Å². The molecule has 21 heavy (non-hydrogen) atoms. The fourth-order valence-corrected chi connectivity index (χ4v) is 4.49. The Morgan fingerprint density at radius 3 is 1.76 bits per heavy atom. The van der Waals surface area contributed by atoms with Crippen LogP contribution in [0.5, 0.6) is 0 Å². The SMILES string of the molecule is Cc1ccnc(P(c2ccccc2)c2ccccc2)c1.[Cu]. The molecule has 0 amide bonds. The molecule has 0 saturated heterocycles. The van der Waals surface area contributed by atoms with Crippen molar-refractivity contribution in [1.29, 1.82) is 0 Å². The van der Waals surface area contributed by atoms with Crippen molar-refractivity contribution in [2.45, 2.75) is 6.92 Å². The molecule has 1 aromatic heterocycles. The monoisotopic (exact) mass is 340 g/mol. The van der Waals surface area contributed by atoms with Gasteiger partial charge >= 0.3 is 0 Å². The van der Waals surface area contributed by atoms with E-state index >= 15 is 0 Å². The summed E-state index contributed by atoms with van der Waals surface area (Å²) in [6, 6.07) is 25.6. The van der Waals surface area contributed by atoms with Gasteiger partial charge in [-0.05, 0) is 35.2 Å². The van der Waals surface area contributed by atoms with Gasteiger partial charge in [0.05, 0.1) is 5.44 Å². The number of nitrogens with zero attached hydrogens (tertiary/aromatic N) is 1. The summed E-state index contributed by atoms with van der Waals surface area (Å²) in [4.78, 5) is 4.62. The van der Waals surface area contributed by atoms with Crippen molar-refractivity contribution >= 4 is 24.0 Å². The minimum atomic E-state index is -0.573. The number of pyridine rings is 1. The molecule has 109 valence electrons. The Morgan fingerprint density at radius 2 is 1.29 bits per heavy atom. The summed E-state index contributed by atoms with van der Waals surface area (Å²) in [5.74, 6) is 0. The molecule has 3 aromatic rings. The molecule has 1 heterocycles. The van der Waals surface area contributed by atoms with Crippen molar-refractivity contribution in [2.24, 2.45) is 0 Å². The van der Waals surface area contributed by atoms with Gasteiger partial charge in [0.15, 0.2) is 0 Å². The molecule has 0 atom stereocenters. The third-order valence-electron chi connectivity index (χ3n) is 3.16. The minimum Gasteiger partial charge on any atom is -0.256 e. The van der Waals surface area contributed by atoms with E-state index in [4.69, 9.17) is 0 Å². The van der Waals surface area contributed by atoms with E-state index < -0.39 is 7.92 Å². The van der Waals surface area contributed by atoms with Gasteiger partial charge in [-0.1, -0.05) is 60.7 Å². The van der Waals surface area contributed by atoms with Crippen LogP contribution in [0.25, 0.3) is 0 Å². The van der Waals surface area contributed by atoms with Crippen LogP contribution in [0.15, 0.2) is 79.0 Å². The van der Waals surface area contributed by atoms with Crippen molar-refractivity contribution in [3.8, 4) is 0 Å². The van der Waals surface area contributed by atoms with Crippen molar-refractivity contribution in [2.75, 3.05) is 0 Å². The molecule has 0 fully saturated rings. The van der Waals surface area contributed by atoms with Crippen LogP contribution in [0.3, 0.4) is 0 Å². The van der Waals surface area contributed by atoms with Crippen LogP contribution in [0.1, 0.15) is 5.56 Å². The number of benzene rings is 2. The quantitative estimate of drug-likeness (QED) is 0.527. The normalized spacial score (nSPS) is 10.2. The number of hydrogen-bond donors (Lipinski definition) is 0. The molecule has 1 radical (unpaired) electrons. The molecule has 0 aliphatic heterocycles. The first kappa shape index (κ1) is 15.9. The molecule has 0 N–H and O–H groups in total. The average Bonchev–Trinajstić information content (AvgIpc) is 2.50. The molecule has 0 spiro atoms. The van der Waals surface area contributed by atoms with Crippen molar-refractivity contribution in [3.63, 3.8) is 0 Å². The average molecular weight is 341 g/mol. The maximum Gasteiger partial charge on any atom is 0.0723 e. The second-order valence-corrected chi connectivity index (χ2v) is 6.86. The van der Waals surface area contributed by atoms with E-state index in [2.05, 4.69) is 78.6 Å². The third-order valence-corrected chi connectivity index (χ3v) is 5.49.